The van der Waals surface area contributed by atoms with Crippen LogP contribution in [0.4, 0.5) is 17.2 Å². The van der Waals surface area contributed by atoms with E-state index in [-0.39, 0.29) is 27.9 Å². The summed E-state index contributed by atoms with van der Waals surface area (Å²) in [6.45, 7) is 0.631. The van der Waals surface area contributed by atoms with Crippen molar-refractivity contribution >= 4 is 33.1 Å². The molecule has 30 heavy (non-hydrogen) atoms. The molecule has 1 saturated heterocycles. The molecule has 2 aromatic carbocycles. The van der Waals surface area contributed by atoms with Gasteiger partial charge in [0, 0.05) is 18.7 Å². The predicted octanol–water partition coefficient (Wildman–Crippen LogP) is 2.25. The van der Waals surface area contributed by atoms with Crippen molar-refractivity contribution in [3.05, 3.63) is 60.3 Å². The van der Waals surface area contributed by atoms with E-state index in [4.69, 9.17) is 11.0 Å². The Labute approximate surface area is 173 Å². The summed E-state index contributed by atoms with van der Waals surface area (Å²) < 4.78 is 29.7. The van der Waals surface area contributed by atoms with Crippen LogP contribution in [0, 0.1) is 11.3 Å². The zero-order chi connectivity index (χ0) is 21.3. The fourth-order valence-corrected chi connectivity index (χ4v) is 4.39. The zero-order valence-corrected chi connectivity index (χ0v) is 16.6. The summed E-state index contributed by atoms with van der Waals surface area (Å²) in [5.74, 6) is 0.148. The standard InChI is InChI=1S/C20H18N6O3S/c21-12-14-13-23-26(20(14)22)18-5-2-1-4-17(18)24-30(28,29)16-9-7-15(8-10-16)25-11-3-6-19(25)27/h1-2,4-5,7-10,13,24H,3,6,11,22H2. The van der Waals surface area contributed by atoms with Crippen LogP contribution in [-0.2, 0) is 14.8 Å². The number of carbonyl (C=O) groups excluding carboxylic acids is 1. The highest BCUT2D eigenvalue weighted by Gasteiger charge is 2.23. The Hall–Kier alpha value is -3.84. The van der Waals surface area contributed by atoms with E-state index < -0.39 is 10.0 Å². The fourth-order valence-electron chi connectivity index (χ4n) is 3.31. The SMILES string of the molecule is N#Cc1cnn(-c2ccccc2NS(=O)(=O)c2ccc(N3CCCC3=O)cc2)c1N. The van der Waals surface area contributed by atoms with Gasteiger partial charge in [-0.2, -0.15) is 10.4 Å². The number of nitrogens with two attached hydrogens (primary N) is 1. The molecule has 0 spiro atoms. The number of rotatable bonds is 5. The van der Waals surface area contributed by atoms with Gasteiger partial charge in [-0.3, -0.25) is 9.52 Å². The molecule has 10 heteroatoms. The molecule has 0 aliphatic carbocycles. The maximum absolute atomic E-state index is 12.9. The average Bonchev–Trinajstić information content (AvgIpc) is 3.33. The number of para-hydroxylation sites is 2. The molecule has 0 bridgehead atoms. The molecular formula is C20H18N6O3S. The number of benzene rings is 2. The zero-order valence-electron chi connectivity index (χ0n) is 15.8. The van der Waals surface area contributed by atoms with Crippen LogP contribution in [0.2, 0.25) is 0 Å². The van der Waals surface area contributed by atoms with Gasteiger partial charge in [0.05, 0.1) is 22.5 Å². The number of hydrogen-bond donors (Lipinski definition) is 2. The van der Waals surface area contributed by atoms with Crippen LogP contribution in [0.5, 0.6) is 0 Å². The summed E-state index contributed by atoms with van der Waals surface area (Å²) >= 11 is 0. The van der Waals surface area contributed by atoms with E-state index in [1.54, 1.807) is 41.3 Å². The lowest BCUT2D eigenvalue weighted by Gasteiger charge is -2.17. The van der Waals surface area contributed by atoms with Crippen molar-refractivity contribution in [2.75, 3.05) is 21.9 Å². The largest absolute Gasteiger partial charge is 0.382 e. The lowest BCUT2D eigenvalue weighted by Crippen LogP contribution is -2.23. The van der Waals surface area contributed by atoms with E-state index in [2.05, 4.69) is 9.82 Å². The first-order chi connectivity index (χ1) is 14.4. The van der Waals surface area contributed by atoms with E-state index in [1.165, 1.54) is 23.0 Å². The highest BCUT2D eigenvalue weighted by atomic mass is 32.2. The molecule has 3 aromatic rings. The van der Waals surface area contributed by atoms with Crippen LogP contribution in [-0.4, -0.2) is 30.7 Å². The number of aromatic nitrogens is 2. The summed E-state index contributed by atoms with van der Waals surface area (Å²) in [7, 11) is -3.91. The van der Waals surface area contributed by atoms with Gasteiger partial charge in [-0.15, -0.1) is 0 Å². The van der Waals surface area contributed by atoms with Crippen molar-refractivity contribution < 1.29 is 13.2 Å². The van der Waals surface area contributed by atoms with E-state index in [9.17, 15) is 13.2 Å². The molecule has 4 rings (SSSR count). The lowest BCUT2D eigenvalue weighted by atomic mass is 10.2. The number of nitrogens with zero attached hydrogens (tertiary/aromatic N) is 4. The molecule has 0 atom stereocenters. The Morgan fingerprint density at radius 1 is 1.13 bits per heavy atom. The first-order valence-electron chi connectivity index (χ1n) is 9.17. The Kier molecular flexibility index (Phi) is 4.89. The number of amides is 1. The molecule has 1 aliphatic heterocycles. The third-order valence-electron chi connectivity index (χ3n) is 4.84. The molecule has 3 N–H and O–H groups in total. The van der Waals surface area contributed by atoms with Gasteiger partial charge in [0.2, 0.25) is 5.91 Å². The van der Waals surface area contributed by atoms with Gasteiger partial charge in [0.25, 0.3) is 10.0 Å². The topological polar surface area (TPSA) is 134 Å². The Bertz CT molecular complexity index is 1260. The molecule has 1 aromatic heterocycles. The molecule has 9 nitrogen and oxygen atoms in total. The summed E-state index contributed by atoms with van der Waals surface area (Å²) in [5.41, 5.74) is 7.46. The molecule has 1 amide bonds. The summed E-state index contributed by atoms with van der Waals surface area (Å²) in [6.07, 6.45) is 2.61. The van der Waals surface area contributed by atoms with Gasteiger partial charge in [0.1, 0.15) is 17.5 Å². The van der Waals surface area contributed by atoms with Gasteiger partial charge in [-0.1, -0.05) is 12.1 Å². The molecular weight excluding hydrogens is 404 g/mol. The van der Waals surface area contributed by atoms with Crippen LogP contribution in [0.25, 0.3) is 5.69 Å². The van der Waals surface area contributed by atoms with Crippen LogP contribution in [0.15, 0.2) is 59.6 Å². The van der Waals surface area contributed by atoms with Crippen LogP contribution < -0.4 is 15.4 Å². The minimum atomic E-state index is -3.91. The van der Waals surface area contributed by atoms with Crippen molar-refractivity contribution in [1.82, 2.24) is 9.78 Å². The molecule has 0 radical (unpaired) electrons. The first kappa shape index (κ1) is 19.5. The lowest BCUT2D eigenvalue weighted by molar-refractivity contribution is -0.117. The molecule has 0 unspecified atom stereocenters. The molecule has 152 valence electrons. The van der Waals surface area contributed by atoms with Crippen LogP contribution in [0.1, 0.15) is 18.4 Å². The van der Waals surface area contributed by atoms with E-state index in [1.807, 2.05) is 6.07 Å². The maximum atomic E-state index is 12.9. The molecule has 0 saturated carbocycles. The van der Waals surface area contributed by atoms with Gasteiger partial charge in [-0.05, 0) is 42.8 Å². The minimum absolute atomic E-state index is 0.0335. The number of nitriles is 1. The predicted molar refractivity (Wildman–Crippen MR) is 112 cm³/mol. The van der Waals surface area contributed by atoms with Gasteiger partial charge < -0.3 is 10.6 Å². The normalized spacial score (nSPS) is 14.0. The second kappa shape index (κ2) is 7.53. The van der Waals surface area contributed by atoms with E-state index in [0.29, 0.717) is 24.3 Å². The smallest absolute Gasteiger partial charge is 0.261 e. The highest BCUT2D eigenvalue weighted by Crippen LogP contribution is 2.27. The first-order valence-corrected chi connectivity index (χ1v) is 10.7. The average molecular weight is 422 g/mol. The Morgan fingerprint density at radius 3 is 2.50 bits per heavy atom. The van der Waals surface area contributed by atoms with Crippen molar-refractivity contribution in [3.8, 4) is 11.8 Å². The Morgan fingerprint density at radius 2 is 1.87 bits per heavy atom. The Balaban J connectivity index is 1.64. The minimum Gasteiger partial charge on any atom is -0.382 e. The molecule has 1 aliphatic rings. The second-order valence-electron chi connectivity index (χ2n) is 6.73. The number of nitrogens with one attached hydrogen (secondary N) is 1. The van der Waals surface area contributed by atoms with Crippen molar-refractivity contribution in [1.29, 1.82) is 5.26 Å². The van der Waals surface area contributed by atoms with Gasteiger partial charge in [-0.25, -0.2) is 13.1 Å². The van der Waals surface area contributed by atoms with E-state index >= 15 is 0 Å². The van der Waals surface area contributed by atoms with Gasteiger partial charge in [0.15, 0.2) is 0 Å². The van der Waals surface area contributed by atoms with Crippen molar-refractivity contribution in [2.24, 2.45) is 0 Å². The van der Waals surface area contributed by atoms with Gasteiger partial charge >= 0.3 is 0 Å². The number of carbonyl (C=O) groups is 1. The summed E-state index contributed by atoms with van der Waals surface area (Å²) in [5, 5.41) is 13.2. The quantitative estimate of drug-likeness (QED) is 0.648. The number of anilines is 3. The molecule has 2 heterocycles. The van der Waals surface area contributed by atoms with E-state index in [0.717, 1.165) is 6.42 Å². The third-order valence-corrected chi connectivity index (χ3v) is 6.22. The highest BCUT2D eigenvalue weighted by molar-refractivity contribution is 7.92. The molecule has 1 fully saturated rings. The van der Waals surface area contributed by atoms with Crippen LogP contribution >= 0.6 is 0 Å². The van der Waals surface area contributed by atoms with Crippen molar-refractivity contribution in [2.45, 2.75) is 17.7 Å². The fraction of sp³-hybridized carbons (Fsp3) is 0.150. The monoisotopic (exact) mass is 422 g/mol. The number of nitrogen functional groups attached to an aromatic ring is 1. The third kappa shape index (κ3) is 3.46. The summed E-state index contributed by atoms with van der Waals surface area (Å²) in [6, 6.07) is 14.7. The number of sulfonamides is 1. The summed E-state index contributed by atoms with van der Waals surface area (Å²) in [4.78, 5) is 13.6. The van der Waals surface area contributed by atoms with Crippen LogP contribution in [0.3, 0.4) is 0 Å². The van der Waals surface area contributed by atoms with Crippen molar-refractivity contribution in [3.63, 3.8) is 0 Å². The maximum Gasteiger partial charge on any atom is 0.261 e. The number of hydrogen-bond acceptors (Lipinski definition) is 6. The second-order valence-corrected chi connectivity index (χ2v) is 8.41.